The summed E-state index contributed by atoms with van der Waals surface area (Å²) < 4.78 is 43.0. The lowest BCUT2D eigenvalue weighted by Gasteiger charge is -2.10. The van der Waals surface area contributed by atoms with E-state index in [1.54, 1.807) is 37.7 Å². The number of nitrogens with zero attached hydrogens (tertiary/aromatic N) is 5. The zero-order chi connectivity index (χ0) is 20.9. The summed E-state index contributed by atoms with van der Waals surface area (Å²) in [4.78, 5) is 17.4. The molecule has 4 aromatic rings. The van der Waals surface area contributed by atoms with Crippen LogP contribution in [0.1, 0.15) is 21.9 Å². The lowest BCUT2D eigenvalue weighted by molar-refractivity contribution is -0.142. The van der Waals surface area contributed by atoms with Crippen LogP contribution in [0.2, 0.25) is 5.02 Å². The molecule has 0 unspecified atom stereocenters. The van der Waals surface area contributed by atoms with E-state index in [1.165, 1.54) is 16.0 Å². The number of fused-ring (bicyclic) bond motifs is 1. The van der Waals surface area contributed by atoms with Crippen molar-refractivity contribution in [2.45, 2.75) is 13.1 Å². The minimum Gasteiger partial charge on any atom is -0.318 e. The fourth-order valence-electron chi connectivity index (χ4n) is 2.79. The molecular weight excluding hydrogens is 429 g/mol. The van der Waals surface area contributed by atoms with Crippen molar-refractivity contribution in [3.63, 3.8) is 0 Å². The molecule has 0 spiro atoms. The molecular formula is C17H12ClF3N6OS. The summed E-state index contributed by atoms with van der Waals surface area (Å²) in [5.74, 6) is -0.762. The first kappa shape index (κ1) is 19.4. The molecule has 29 heavy (non-hydrogen) atoms. The summed E-state index contributed by atoms with van der Waals surface area (Å²) >= 11 is 7.46. The molecule has 0 aliphatic rings. The summed E-state index contributed by atoms with van der Waals surface area (Å²) in [6.45, 7) is 1.68. The highest BCUT2D eigenvalue weighted by molar-refractivity contribution is 7.13. The molecule has 0 saturated carbocycles. The summed E-state index contributed by atoms with van der Waals surface area (Å²) in [7, 11) is 1.67. The number of nitrogens with one attached hydrogen (secondary N) is 1. The maximum absolute atomic E-state index is 13.6. The average Bonchev–Trinajstić information content (AvgIpc) is 3.34. The Morgan fingerprint density at radius 3 is 2.66 bits per heavy atom. The van der Waals surface area contributed by atoms with Crippen LogP contribution in [-0.4, -0.2) is 30.3 Å². The number of hydrogen-bond acceptors (Lipinski definition) is 5. The van der Waals surface area contributed by atoms with Crippen LogP contribution in [0.5, 0.6) is 0 Å². The topological polar surface area (TPSA) is 77.1 Å². The third-order valence-electron chi connectivity index (χ3n) is 4.07. The van der Waals surface area contributed by atoms with Gasteiger partial charge in [0.05, 0.1) is 22.0 Å². The highest BCUT2D eigenvalue weighted by atomic mass is 35.5. The molecule has 0 bridgehead atoms. The molecule has 4 aromatic heterocycles. The van der Waals surface area contributed by atoms with Crippen molar-refractivity contribution >= 4 is 40.2 Å². The Morgan fingerprint density at radius 1 is 1.31 bits per heavy atom. The van der Waals surface area contributed by atoms with Crippen LogP contribution in [0.3, 0.4) is 0 Å². The molecule has 1 amide bonds. The summed E-state index contributed by atoms with van der Waals surface area (Å²) in [6.07, 6.45) is -3.17. The van der Waals surface area contributed by atoms with Gasteiger partial charge in [0.25, 0.3) is 5.91 Å². The first-order valence-electron chi connectivity index (χ1n) is 8.17. The van der Waals surface area contributed by atoms with Gasteiger partial charge in [0.15, 0.2) is 17.0 Å². The molecule has 7 nitrogen and oxygen atoms in total. The van der Waals surface area contributed by atoms with Gasteiger partial charge in [-0.1, -0.05) is 17.7 Å². The van der Waals surface area contributed by atoms with Crippen molar-refractivity contribution in [1.82, 2.24) is 24.4 Å². The molecule has 0 aliphatic heterocycles. The molecule has 0 aliphatic carbocycles. The largest absolute Gasteiger partial charge is 0.433 e. The fourth-order valence-corrected chi connectivity index (χ4v) is 3.73. The number of carbonyl (C=O) groups is 1. The van der Waals surface area contributed by atoms with Crippen molar-refractivity contribution in [3.8, 4) is 10.6 Å². The smallest absolute Gasteiger partial charge is 0.318 e. The molecule has 0 radical (unpaired) electrons. The lowest BCUT2D eigenvalue weighted by Crippen LogP contribution is -2.16. The third-order valence-corrected chi connectivity index (χ3v) is 5.31. The number of rotatable bonds is 3. The Bertz CT molecular complexity index is 1230. The van der Waals surface area contributed by atoms with E-state index in [1.807, 2.05) is 0 Å². The van der Waals surface area contributed by atoms with E-state index in [2.05, 4.69) is 20.5 Å². The second-order valence-corrected chi connectivity index (χ2v) is 7.48. The van der Waals surface area contributed by atoms with Gasteiger partial charge in [0.2, 0.25) is 0 Å². The predicted molar refractivity (Wildman–Crippen MR) is 102 cm³/mol. The van der Waals surface area contributed by atoms with Gasteiger partial charge in [0, 0.05) is 13.2 Å². The second-order valence-electron chi connectivity index (χ2n) is 6.16. The minimum absolute atomic E-state index is 0.0942. The zero-order valence-electron chi connectivity index (χ0n) is 15.0. The fraction of sp³-hybridized carbons (Fsp3) is 0.176. The molecule has 4 heterocycles. The van der Waals surface area contributed by atoms with E-state index in [0.29, 0.717) is 20.8 Å². The SMILES string of the molecule is Cc1nn(C)cc1NC(=O)c1nn2c(C(F)(F)F)cc(-c3cccs3)nc2c1Cl. The normalized spacial score (nSPS) is 11.9. The zero-order valence-corrected chi connectivity index (χ0v) is 16.5. The van der Waals surface area contributed by atoms with E-state index >= 15 is 0 Å². The molecule has 0 fully saturated rings. The number of aryl methyl sites for hydroxylation is 2. The Kier molecular flexibility index (Phi) is 4.58. The maximum Gasteiger partial charge on any atom is 0.433 e. The minimum atomic E-state index is -4.73. The quantitative estimate of drug-likeness (QED) is 0.511. The van der Waals surface area contributed by atoms with Crippen LogP contribution in [-0.2, 0) is 13.2 Å². The van der Waals surface area contributed by atoms with Crippen LogP contribution < -0.4 is 5.32 Å². The molecule has 150 valence electrons. The molecule has 12 heteroatoms. The van der Waals surface area contributed by atoms with Crippen LogP contribution in [0.25, 0.3) is 16.2 Å². The Balaban J connectivity index is 1.85. The van der Waals surface area contributed by atoms with E-state index in [-0.39, 0.29) is 22.1 Å². The van der Waals surface area contributed by atoms with Gasteiger partial charge in [-0.2, -0.15) is 23.4 Å². The predicted octanol–water partition coefficient (Wildman–Crippen LogP) is 4.42. The first-order chi connectivity index (χ1) is 13.6. The molecule has 0 aromatic carbocycles. The van der Waals surface area contributed by atoms with E-state index in [0.717, 1.165) is 6.07 Å². The first-order valence-corrected chi connectivity index (χ1v) is 9.43. The summed E-state index contributed by atoms with van der Waals surface area (Å²) in [5, 5.41) is 11.9. The number of hydrogen-bond donors (Lipinski definition) is 1. The Hall–Kier alpha value is -2.92. The number of anilines is 1. The van der Waals surface area contributed by atoms with Gasteiger partial charge >= 0.3 is 6.18 Å². The number of amides is 1. The summed E-state index contributed by atoms with van der Waals surface area (Å²) in [6, 6.07) is 4.23. The lowest BCUT2D eigenvalue weighted by atomic mass is 10.2. The van der Waals surface area contributed by atoms with Crippen molar-refractivity contribution < 1.29 is 18.0 Å². The molecule has 4 rings (SSSR count). The van der Waals surface area contributed by atoms with Crippen molar-refractivity contribution in [1.29, 1.82) is 0 Å². The molecule has 0 atom stereocenters. The van der Waals surface area contributed by atoms with Gasteiger partial charge in [-0.05, 0) is 24.4 Å². The van der Waals surface area contributed by atoms with Gasteiger partial charge in [0.1, 0.15) is 5.02 Å². The van der Waals surface area contributed by atoms with Gasteiger partial charge < -0.3 is 5.32 Å². The van der Waals surface area contributed by atoms with E-state index < -0.39 is 17.8 Å². The Morgan fingerprint density at radius 2 is 2.07 bits per heavy atom. The molecule has 1 N–H and O–H groups in total. The number of alkyl halides is 3. The summed E-state index contributed by atoms with van der Waals surface area (Å²) in [5.41, 5.74) is -0.668. The van der Waals surface area contributed by atoms with Crippen LogP contribution in [0.4, 0.5) is 18.9 Å². The van der Waals surface area contributed by atoms with E-state index in [9.17, 15) is 18.0 Å². The monoisotopic (exact) mass is 440 g/mol. The van der Waals surface area contributed by atoms with Crippen molar-refractivity contribution in [3.05, 3.63) is 51.9 Å². The van der Waals surface area contributed by atoms with Crippen molar-refractivity contribution in [2.75, 3.05) is 5.32 Å². The Labute approximate surface area is 170 Å². The number of aromatic nitrogens is 5. The number of thiophene rings is 1. The highest BCUT2D eigenvalue weighted by Crippen LogP contribution is 2.35. The second kappa shape index (κ2) is 6.85. The number of halogens is 4. The van der Waals surface area contributed by atoms with Gasteiger partial charge in [-0.25, -0.2) is 9.50 Å². The van der Waals surface area contributed by atoms with Crippen LogP contribution in [0, 0.1) is 6.92 Å². The van der Waals surface area contributed by atoms with Crippen LogP contribution in [0.15, 0.2) is 29.8 Å². The van der Waals surface area contributed by atoms with Gasteiger partial charge in [-0.15, -0.1) is 11.3 Å². The van der Waals surface area contributed by atoms with Crippen LogP contribution >= 0.6 is 22.9 Å². The van der Waals surface area contributed by atoms with Crippen molar-refractivity contribution in [2.24, 2.45) is 7.05 Å². The molecule has 0 saturated heterocycles. The highest BCUT2D eigenvalue weighted by Gasteiger charge is 2.37. The van der Waals surface area contributed by atoms with Gasteiger partial charge in [-0.3, -0.25) is 9.48 Å². The number of carbonyl (C=O) groups excluding carboxylic acids is 1. The van der Waals surface area contributed by atoms with E-state index in [4.69, 9.17) is 11.6 Å². The maximum atomic E-state index is 13.6. The third kappa shape index (κ3) is 3.47. The standard InChI is InChI=1S/C17H12ClF3N6OS/c1-8-10(7-26(2)24-8)23-16(28)14-13(18)15-22-9(11-4-3-5-29-11)6-12(17(19,20)21)27(15)25-14/h3-7H,1-2H3,(H,23,28). The average molecular weight is 441 g/mol.